The van der Waals surface area contributed by atoms with Gasteiger partial charge in [-0.1, -0.05) is 40.7 Å². The Morgan fingerprint density at radius 3 is 2.69 bits per heavy atom. The average molecular weight is 428 g/mol. The number of nitrogens with zero attached hydrogens (tertiary/aromatic N) is 4. The SMILES string of the molecule is Cc1nc(-c2ccccc2NC(=O)CSc2nnc(-c3ccc(Cl)cc3)o2)no1. The summed E-state index contributed by atoms with van der Waals surface area (Å²) in [6.07, 6.45) is 0. The van der Waals surface area contributed by atoms with Crippen LogP contribution in [-0.2, 0) is 4.79 Å². The Hall–Kier alpha value is -3.17. The predicted octanol–water partition coefficient (Wildman–Crippen LogP) is 4.48. The first-order valence-corrected chi connectivity index (χ1v) is 9.86. The minimum atomic E-state index is -0.228. The third-order valence-electron chi connectivity index (χ3n) is 3.79. The molecule has 2 aromatic heterocycles. The zero-order chi connectivity index (χ0) is 20.2. The fourth-order valence-corrected chi connectivity index (χ4v) is 3.18. The van der Waals surface area contributed by atoms with E-state index in [1.165, 1.54) is 0 Å². The lowest BCUT2D eigenvalue weighted by Crippen LogP contribution is -2.14. The summed E-state index contributed by atoms with van der Waals surface area (Å²) in [5.74, 6) is 1.10. The van der Waals surface area contributed by atoms with Gasteiger partial charge < -0.3 is 14.3 Å². The van der Waals surface area contributed by atoms with Crippen molar-refractivity contribution in [2.24, 2.45) is 0 Å². The molecule has 0 fully saturated rings. The summed E-state index contributed by atoms with van der Waals surface area (Å²) in [7, 11) is 0. The van der Waals surface area contributed by atoms with Crippen LogP contribution in [0.2, 0.25) is 5.02 Å². The van der Waals surface area contributed by atoms with Crippen molar-refractivity contribution in [3.8, 4) is 22.8 Å². The topological polar surface area (TPSA) is 107 Å². The number of amides is 1. The molecular weight excluding hydrogens is 414 g/mol. The Bertz CT molecular complexity index is 1140. The van der Waals surface area contributed by atoms with Crippen molar-refractivity contribution < 1.29 is 13.7 Å². The van der Waals surface area contributed by atoms with Crippen molar-refractivity contribution in [2.75, 3.05) is 11.1 Å². The number of benzene rings is 2. The molecule has 0 unspecified atom stereocenters. The zero-order valence-corrected chi connectivity index (χ0v) is 16.7. The number of carbonyl (C=O) groups is 1. The van der Waals surface area contributed by atoms with E-state index >= 15 is 0 Å². The van der Waals surface area contributed by atoms with E-state index in [2.05, 4.69) is 25.7 Å². The molecule has 0 atom stereocenters. The molecule has 0 aliphatic carbocycles. The van der Waals surface area contributed by atoms with Gasteiger partial charge in [-0.3, -0.25) is 4.79 Å². The van der Waals surface area contributed by atoms with Gasteiger partial charge in [0, 0.05) is 23.1 Å². The van der Waals surface area contributed by atoms with Crippen LogP contribution in [0.4, 0.5) is 5.69 Å². The van der Waals surface area contributed by atoms with Gasteiger partial charge in [0.1, 0.15) is 0 Å². The molecule has 10 heteroatoms. The van der Waals surface area contributed by atoms with Gasteiger partial charge >= 0.3 is 0 Å². The summed E-state index contributed by atoms with van der Waals surface area (Å²) in [6.45, 7) is 1.71. The maximum absolute atomic E-state index is 12.4. The largest absolute Gasteiger partial charge is 0.411 e. The molecule has 4 aromatic rings. The second-order valence-corrected chi connectivity index (χ2v) is 7.26. The molecule has 1 amide bonds. The van der Waals surface area contributed by atoms with Gasteiger partial charge in [0.2, 0.25) is 23.5 Å². The molecule has 0 bridgehead atoms. The summed E-state index contributed by atoms with van der Waals surface area (Å²) < 4.78 is 10.6. The molecule has 0 aliphatic heterocycles. The third-order valence-corrected chi connectivity index (χ3v) is 4.86. The first-order valence-electron chi connectivity index (χ1n) is 8.50. The summed E-state index contributed by atoms with van der Waals surface area (Å²) in [4.78, 5) is 16.6. The first-order chi connectivity index (χ1) is 14.1. The highest BCUT2D eigenvalue weighted by atomic mass is 35.5. The minimum Gasteiger partial charge on any atom is -0.411 e. The summed E-state index contributed by atoms with van der Waals surface area (Å²) in [5, 5.41) is 15.6. The number of halogens is 1. The molecule has 0 radical (unpaired) electrons. The number of aryl methyl sites for hydroxylation is 1. The summed E-state index contributed by atoms with van der Waals surface area (Å²) >= 11 is 7.02. The van der Waals surface area contributed by atoms with E-state index in [9.17, 15) is 4.79 Å². The molecule has 29 heavy (non-hydrogen) atoms. The van der Waals surface area contributed by atoms with E-state index < -0.39 is 0 Å². The van der Waals surface area contributed by atoms with Crippen molar-refractivity contribution in [2.45, 2.75) is 12.1 Å². The van der Waals surface area contributed by atoms with Crippen LogP contribution in [0.25, 0.3) is 22.8 Å². The molecule has 146 valence electrons. The van der Waals surface area contributed by atoms with Gasteiger partial charge in [-0.15, -0.1) is 10.2 Å². The van der Waals surface area contributed by atoms with Crippen molar-refractivity contribution in [3.63, 3.8) is 0 Å². The average Bonchev–Trinajstić information content (AvgIpc) is 3.37. The van der Waals surface area contributed by atoms with Crippen LogP contribution < -0.4 is 5.32 Å². The van der Waals surface area contributed by atoms with E-state index in [1.807, 2.05) is 18.2 Å². The minimum absolute atomic E-state index is 0.0991. The van der Waals surface area contributed by atoms with Crippen molar-refractivity contribution in [1.29, 1.82) is 0 Å². The number of thioether (sulfide) groups is 1. The van der Waals surface area contributed by atoms with Crippen molar-refractivity contribution in [1.82, 2.24) is 20.3 Å². The van der Waals surface area contributed by atoms with Gasteiger partial charge in [0.15, 0.2) is 0 Å². The van der Waals surface area contributed by atoms with Gasteiger partial charge in [0.25, 0.3) is 5.22 Å². The maximum atomic E-state index is 12.4. The van der Waals surface area contributed by atoms with E-state index in [1.54, 1.807) is 37.3 Å². The van der Waals surface area contributed by atoms with Crippen molar-refractivity contribution in [3.05, 3.63) is 59.4 Å². The van der Waals surface area contributed by atoms with Crippen LogP contribution in [0.1, 0.15) is 5.89 Å². The smallest absolute Gasteiger partial charge is 0.277 e. The highest BCUT2D eigenvalue weighted by Gasteiger charge is 2.15. The lowest BCUT2D eigenvalue weighted by molar-refractivity contribution is -0.113. The van der Waals surface area contributed by atoms with Crippen LogP contribution in [0.5, 0.6) is 0 Å². The highest BCUT2D eigenvalue weighted by Crippen LogP contribution is 2.27. The van der Waals surface area contributed by atoms with Crippen LogP contribution in [0.3, 0.4) is 0 Å². The quantitative estimate of drug-likeness (QED) is 0.449. The molecular formula is C19H14ClN5O3S. The Balaban J connectivity index is 1.40. The predicted molar refractivity (Wildman–Crippen MR) is 109 cm³/mol. The Morgan fingerprint density at radius 1 is 1.14 bits per heavy atom. The summed E-state index contributed by atoms with van der Waals surface area (Å²) in [6, 6.07) is 14.3. The maximum Gasteiger partial charge on any atom is 0.277 e. The molecule has 0 saturated carbocycles. The van der Waals surface area contributed by atoms with Crippen molar-refractivity contribution >= 4 is 35.0 Å². The fourth-order valence-electron chi connectivity index (χ4n) is 2.49. The number of aromatic nitrogens is 4. The third kappa shape index (κ3) is 4.64. The van der Waals surface area contributed by atoms with Crippen LogP contribution >= 0.6 is 23.4 Å². The molecule has 0 spiro atoms. The van der Waals surface area contributed by atoms with Gasteiger partial charge in [-0.25, -0.2) is 0 Å². The Labute approximate surface area is 174 Å². The normalized spacial score (nSPS) is 10.8. The molecule has 2 heterocycles. The first kappa shape index (κ1) is 19.2. The van der Waals surface area contributed by atoms with Gasteiger partial charge in [-0.05, 0) is 36.4 Å². The van der Waals surface area contributed by atoms with E-state index in [4.69, 9.17) is 20.5 Å². The van der Waals surface area contributed by atoms with E-state index in [0.717, 1.165) is 17.3 Å². The Morgan fingerprint density at radius 2 is 1.93 bits per heavy atom. The molecule has 4 rings (SSSR count). The second-order valence-electron chi connectivity index (χ2n) is 5.90. The van der Waals surface area contributed by atoms with Crippen LogP contribution in [-0.4, -0.2) is 32.0 Å². The van der Waals surface area contributed by atoms with Crippen LogP contribution in [0, 0.1) is 6.92 Å². The molecule has 0 aliphatic rings. The van der Waals surface area contributed by atoms with Crippen LogP contribution in [0.15, 0.2) is 62.7 Å². The number of hydrogen-bond donors (Lipinski definition) is 1. The number of anilines is 1. The number of nitrogens with one attached hydrogen (secondary N) is 1. The summed E-state index contributed by atoms with van der Waals surface area (Å²) in [5.41, 5.74) is 2.01. The molecule has 8 nitrogen and oxygen atoms in total. The zero-order valence-electron chi connectivity index (χ0n) is 15.1. The molecule has 2 aromatic carbocycles. The standard InChI is InChI=1S/C19H14ClN5O3S/c1-11-21-17(25-28-11)14-4-2-3-5-15(14)22-16(26)10-29-19-24-23-18(27-19)12-6-8-13(20)9-7-12/h2-9H,10H2,1H3,(H,22,26). The number of rotatable bonds is 6. The lowest BCUT2D eigenvalue weighted by atomic mass is 10.1. The number of para-hydroxylation sites is 1. The fraction of sp³-hybridized carbons (Fsp3) is 0.105. The van der Waals surface area contributed by atoms with E-state index in [0.29, 0.717) is 39.1 Å². The van der Waals surface area contributed by atoms with Gasteiger partial charge in [0.05, 0.1) is 11.4 Å². The second kappa shape index (κ2) is 8.46. The lowest BCUT2D eigenvalue weighted by Gasteiger charge is -2.07. The number of hydrogen-bond acceptors (Lipinski definition) is 8. The van der Waals surface area contributed by atoms with Gasteiger partial charge in [-0.2, -0.15) is 4.98 Å². The Kier molecular flexibility index (Phi) is 5.59. The number of carbonyl (C=O) groups excluding carboxylic acids is 1. The molecule has 0 saturated heterocycles. The monoisotopic (exact) mass is 427 g/mol. The highest BCUT2D eigenvalue weighted by molar-refractivity contribution is 7.99. The molecule has 1 N–H and O–H groups in total. The van der Waals surface area contributed by atoms with E-state index in [-0.39, 0.29) is 11.7 Å².